The molecule has 2 heterocycles. The Kier molecular flexibility index (Phi) is 3.81. The molecule has 0 atom stereocenters. The molecule has 1 aromatic rings. The number of carboxylic acid groups (broad SMARTS) is 1. The highest BCUT2D eigenvalue weighted by atomic mass is 16.5. The fourth-order valence-corrected chi connectivity index (χ4v) is 2.16. The number of hydrogen-bond donors (Lipinski definition) is 2. The first-order valence-corrected chi connectivity index (χ1v) is 5.77. The number of ether oxygens (including phenoxy) is 1. The van der Waals surface area contributed by atoms with Gasteiger partial charge < -0.3 is 19.6 Å². The lowest BCUT2D eigenvalue weighted by Gasteiger charge is -2.36. The summed E-state index contributed by atoms with van der Waals surface area (Å²) in [4.78, 5) is 10.9. The molecule has 1 aliphatic heterocycles. The minimum Gasteiger partial charge on any atom is -0.481 e. The average molecular weight is 239 g/mol. The summed E-state index contributed by atoms with van der Waals surface area (Å²) in [5.41, 5.74) is -0.364. The molecule has 5 nitrogen and oxygen atoms in total. The fourth-order valence-electron chi connectivity index (χ4n) is 2.16. The standard InChI is InChI=1S/C12H17NO4/c14-11(15)8-12(3-6-16-7-4-12)13-9-10-2-1-5-17-10/h1-2,5,13H,3-4,6-9H2,(H,14,15). The van der Waals surface area contributed by atoms with Crippen molar-refractivity contribution in [3.05, 3.63) is 24.2 Å². The summed E-state index contributed by atoms with van der Waals surface area (Å²) in [5.74, 6) is 0.0418. The summed E-state index contributed by atoms with van der Waals surface area (Å²) < 4.78 is 10.5. The van der Waals surface area contributed by atoms with Crippen LogP contribution in [0.15, 0.2) is 22.8 Å². The summed E-state index contributed by atoms with van der Waals surface area (Å²) in [6.07, 6.45) is 3.18. The Hall–Kier alpha value is -1.33. The summed E-state index contributed by atoms with van der Waals surface area (Å²) in [6.45, 7) is 1.77. The van der Waals surface area contributed by atoms with Gasteiger partial charge in [-0.25, -0.2) is 0 Å². The molecular weight excluding hydrogens is 222 g/mol. The molecule has 0 spiro atoms. The van der Waals surface area contributed by atoms with Gasteiger partial charge >= 0.3 is 5.97 Å². The maximum Gasteiger partial charge on any atom is 0.305 e. The third-order valence-corrected chi connectivity index (χ3v) is 3.16. The van der Waals surface area contributed by atoms with E-state index in [1.54, 1.807) is 6.26 Å². The molecule has 1 aliphatic rings. The van der Waals surface area contributed by atoms with Gasteiger partial charge in [-0.1, -0.05) is 0 Å². The molecule has 0 amide bonds. The molecular formula is C12H17NO4. The van der Waals surface area contributed by atoms with Crippen molar-refractivity contribution in [2.75, 3.05) is 13.2 Å². The SMILES string of the molecule is O=C(O)CC1(NCc2ccco2)CCOCC1. The normalized spacial score (nSPS) is 19.1. The van der Waals surface area contributed by atoms with Crippen LogP contribution < -0.4 is 5.32 Å². The number of carbonyl (C=O) groups is 1. The molecule has 5 heteroatoms. The van der Waals surface area contributed by atoms with Crippen LogP contribution in [-0.4, -0.2) is 29.8 Å². The van der Waals surface area contributed by atoms with Gasteiger partial charge in [0.05, 0.1) is 19.2 Å². The van der Waals surface area contributed by atoms with Crippen LogP contribution in [0.25, 0.3) is 0 Å². The smallest absolute Gasteiger partial charge is 0.305 e. The molecule has 0 aliphatic carbocycles. The van der Waals surface area contributed by atoms with E-state index in [9.17, 15) is 4.79 Å². The molecule has 94 valence electrons. The molecule has 0 radical (unpaired) electrons. The van der Waals surface area contributed by atoms with Crippen LogP contribution in [0, 0.1) is 0 Å². The Labute approximate surface area is 99.8 Å². The molecule has 0 bridgehead atoms. The van der Waals surface area contributed by atoms with Gasteiger partial charge in [0.2, 0.25) is 0 Å². The molecule has 1 saturated heterocycles. The van der Waals surface area contributed by atoms with Crippen LogP contribution in [0.5, 0.6) is 0 Å². The Morgan fingerprint density at radius 1 is 1.47 bits per heavy atom. The number of aliphatic carboxylic acids is 1. The highest BCUT2D eigenvalue weighted by Gasteiger charge is 2.34. The summed E-state index contributed by atoms with van der Waals surface area (Å²) in [7, 11) is 0. The highest BCUT2D eigenvalue weighted by Crippen LogP contribution is 2.25. The van der Waals surface area contributed by atoms with Crippen molar-refractivity contribution < 1.29 is 19.1 Å². The van der Waals surface area contributed by atoms with Gasteiger partial charge in [-0.3, -0.25) is 4.79 Å². The molecule has 17 heavy (non-hydrogen) atoms. The lowest BCUT2D eigenvalue weighted by atomic mass is 9.86. The monoisotopic (exact) mass is 239 g/mol. The van der Waals surface area contributed by atoms with E-state index in [0.717, 1.165) is 18.6 Å². The number of nitrogens with one attached hydrogen (secondary N) is 1. The second-order valence-corrected chi connectivity index (χ2v) is 4.40. The van der Waals surface area contributed by atoms with E-state index in [0.29, 0.717) is 19.8 Å². The van der Waals surface area contributed by atoms with Gasteiger partial charge in [-0.2, -0.15) is 0 Å². The van der Waals surface area contributed by atoms with Gasteiger partial charge in [-0.15, -0.1) is 0 Å². The highest BCUT2D eigenvalue weighted by molar-refractivity contribution is 5.68. The summed E-state index contributed by atoms with van der Waals surface area (Å²) in [6, 6.07) is 3.70. The van der Waals surface area contributed by atoms with E-state index in [4.69, 9.17) is 14.3 Å². The van der Waals surface area contributed by atoms with Crippen molar-refractivity contribution in [2.24, 2.45) is 0 Å². The van der Waals surface area contributed by atoms with Gasteiger partial charge in [0, 0.05) is 18.8 Å². The minimum absolute atomic E-state index is 0.122. The first-order valence-electron chi connectivity index (χ1n) is 5.77. The van der Waals surface area contributed by atoms with Crippen LogP contribution in [0.3, 0.4) is 0 Å². The molecule has 0 aromatic carbocycles. The van der Waals surface area contributed by atoms with Crippen LogP contribution >= 0.6 is 0 Å². The first-order chi connectivity index (χ1) is 8.20. The Balaban J connectivity index is 1.97. The largest absolute Gasteiger partial charge is 0.481 e. The second kappa shape index (κ2) is 5.33. The number of carboxylic acids is 1. The van der Waals surface area contributed by atoms with Gasteiger partial charge in [0.25, 0.3) is 0 Å². The summed E-state index contributed by atoms with van der Waals surface area (Å²) in [5, 5.41) is 12.3. The maximum atomic E-state index is 10.9. The maximum absolute atomic E-state index is 10.9. The van der Waals surface area contributed by atoms with Crippen molar-refractivity contribution in [3.8, 4) is 0 Å². The Bertz CT molecular complexity index is 355. The third-order valence-electron chi connectivity index (χ3n) is 3.16. The fraction of sp³-hybridized carbons (Fsp3) is 0.583. The molecule has 2 rings (SSSR count). The van der Waals surface area contributed by atoms with E-state index in [2.05, 4.69) is 5.32 Å². The zero-order valence-corrected chi connectivity index (χ0v) is 9.65. The quantitative estimate of drug-likeness (QED) is 0.812. The topological polar surface area (TPSA) is 71.7 Å². The van der Waals surface area contributed by atoms with E-state index < -0.39 is 5.97 Å². The van der Waals surface area contributed by atoms with E-state index >= 15 is 0 Å². The van der Waals surface area contributed by atoms with Gasteiger partial charge in [-0.05, 0) is 25.0 Å². The van der Waals surface area contributed by atoms with Gasteiger partial charge in [0.1, 0.15) is 5.76 Å². The predicted molar refractivity (Wildman–Crippen MR) is 60.6 cm³/mol. The average Bonchev–Trinajstić information content (AvgIpc) is 2.80. The van der Waals surface area contributed by atoms with Crippen LogP contribution in [0.4, 0.5) is 0 Å². The number of rotatable bonds is 5. The predicted octanol–water partition coefficient (Wildman–Crippen LogP) is 1.39. The van der Waals surface area contributed by atoms with Crippen molar-refractivity contribution in [2.45, 2.75) is 31.3 Å². The van der Waals surface area contributed by atoms with E-state index in [1.807, 2.05) is 12.1 Å². The Morgan fingerprint density at radius 2 is 2.24 bits per heavy atom. The lowest BCUT2D eigenvalue weighted by Crippen LogP contribution is -2.50. The van der Waals surface area contributed by atoms with Crippen molar-refractivity contribution in [1.29, 1.82) is 0 Å². The van der Waals surface area contributed by atoms with Crippen molar-refractivity contribution in [3.63, 3.8) is 0 Å². The molecule has 1 aromatic heterocycles. The lowest BCUT2D eigenvalue weighted by molar-refractivity contribution is -0.139. The minimum atomic E-state index is -0.779. The van der Waals surface area contributed by atoms with E-state index in [-0.39, 0.29) is 12.0 Å². The van der Waals surface area contributed by atoms with Crippen LogP contribution in [0.1, 0.15) is 25.0 Å². The molecule has 2 N–H and O–H groups in total. The molecule has 1 fully saturated rings. The van der Waals surface area contributed by atoms with Crippen molar-refractivity contribution >= 4 is 5.97 Å². The molecule has 0 unspecified atom stereocenters. The second-order valence-electron chi connectivity index (χ2n) is 4.40. The number of hydrogen-bond acceptors (Lipinski definition) is 4. The van der Waals surface area contributed by atoms with Crippen molar-refractivity contribution in [1.82, 2.24) is 5.32 Å². The van der Waals surface area contributed by atoms with Crippen LogP contribution in [-0.2, 0) is 16.1 Å². The third kappa shape index (κ3) is 3.31. The first kappa shape index (κ1) is 12.1. The zero-order chi connectivity index (χ0) is 12.1. The zero-order valence-electron chi connectivity index (χ0n) is 9.65. The molecule has 0 saturated carbocycles. The Morgan fingerprint density at radius 3 is 2.82 bits per heavy atom. The van der Waals surface area contributed by atoms with E-state index in [1.165, 1.54) is 0 Å². The van der Waals surface area contributed by atoms with Gasteiger partial charge in [0.15, 0.2) is 0 Å². The number of furan rings is 1. The van der Waals surface area contributed by atoms with Crippen LogP contribution in [0.2, 0.25) is 0 Å². The summed E-state index contributed by atoms with van der Waals surface area (Å²) >= 11 is 0.